The summed E-state index contributed by atoms with van der Waals surface area (Å²) in [5, 5.41) is 13.5. The Bertz CT molecular complexity index is 339. The lowest BCUT2D eigenvalue weighted by Crippen LogP contribution is -2.04. The van der Waals surface area contributed by atoms with Gasteiger partial charge in [-0.05, 0) is 19.4 Å². The number of hydrogen-bond donors (Lipinski definition) is 1. The quantitative estimate of drug-likeness (QED) is 0.589. The van der Waals surface area contributed by atoms with Crippen LogP contribution in [-0.4, -0.2) is 16.5 Å². The lowest BCUT2D eigenvalue weighted by Gasteiger charge is -2.04. The summed E-state index contributed by atoms with van der Waals surface area (Å²) in [6.45, 7) is 4.47. The average molecular weight is 195 g/mol. The maximum atomic E-state index is 10.6. The van der Waals surface area contributed by atoms with Crippen LogP contribution in [0.2, 0.25) is 0 Å². The standard InChI is InChI=1S/C9H13N3O2/c1-3-7-5-6-8(12(13)14)9(11-7)10-4-2/h5-6H,3-4H2,1-2H3,(H,10,11). The van der Waals surface area contributed by atoms with Crippen LogP contribution in [0.25, 0.3) is 0 Å². The Labute approximate surface area is 82.3 Å². The molecule has 14 heavy (non-hydrogen) atoms. The van der Waals surface area contributed by atoms with E-state index in [9.17, 15) is 10.1 Å². The van der Waals surface area contributed by atoms with Gasteiger partial charge in [0, 0.05) is 18.3 Å². The van der Waals surface area contributed by atoms with Crippen LogP contribution in [-0.2, 0) is 6.42 Å². The van der Waals surface area contributed by atoms with E-state index >= 15 is 0 Å². The molecule has 1 heterocycles. The Morgan fingerprint density at radius 3 is 2.71 bits per heavy atom. The monoisotopic (exact) mass is 195 g/mol. The van der Waals surface area contributed by atoms with Gasteiger partial charge < -0.3 is 5.32 Å². The first-order valence-electron chi connectivity index (χ1n) is 4.57. The Morgan fingerprint density at radius 2 is 2.21 bits per heavy atom. The van der Waals surface area contributed by atoms with E-state index in [1.165, 1.54) is 6.07 Å². The van der Waals surface area contributed by atoms with Crippen molar-refractivity contribution in [1.82, 2.24) is 4.98 Å². The van der Waals surface area contributed by atoms with E-state index < -0.39 is 4.92 Å². The van der Waals surface area contributed by atoms with Crippen LogP contribution < -0.4 is 5.32 Å². The van der Waals surface area contributed by atoms with E-state index in [0.717, 1.165) is 12.1 Å². The molecule has 5 nitrogen and oxygen atoms in total. The second kappa shape index (κ2) is 4.55. The Morgan fingerprint density at radius 1 is 1.50 bits per heavy atom. The highest BCUT2D eigenvalue weighted by atomic mass is 16.6. The van der Waals surface area contributed by atoms with Crippen molar-refractivity contribution in [3.05, 3.63) is 27.9 Å². The van der Waals surface area contributed by atoms with Gasteiger partial charge in [-0.15, -0.1) is 0 Å². The SMILES string of the molecule is CCNc1nc(CC)ccc1[N+](=O)[O-]. The first-order valence-corrected chi connectivity index (χ1v) is 4.57. The third-order valence-electron chi connectivity index (χ3n) is 1.83. The lowest BCUT2D eigenvalue weighted by molar-refractivity contribution is -0.384. The van der Waals surface area contributed by atoms with Crippen LogP contribution in [0.3, 0.4) is 0 Å². The van der Waals surface area contributed by atoms with Gasteiger partial charge in [-0.3, -0.25) is 10.1 Å². The summed E-state index contributed by atoms with van der Waals surface area (Å²) in [4.78, 5) is 14.3. The van der Waals surface area contributed by atoms with E-state index in [2.05, 4.69) is 10.3 Å². The molecule has 1 aromatic rings. The summed E-state index contributed by atoms with van der Waals surface area (Å²) in [5.41, 5.74) is 0.885. The van der Waals surface area contributed by atoms with Gasteiger partial charge in [0.25, 0.3) is 0 Å². The second-order valence-electron chi connectivity index (χ2n) is 2.81. The van der Waals surface area contributed by atoms with Crippen molar-refractivity contribution in [1.29, 1.82) is 0 Å². The minimum Gasteiger partial charge on any atom is -0.365 e. The van der Waals surface area contributed by atoms with Crippen molar-refractivity contribution >= 4 is 11.5 Å². The fourth-order valence-corrected chi connectivity index (χ4v) is 1.13. The molecule has 0 aromatic carbocycles. The van der Waals surface area contributed by atoms with Crippen molar-refractivity contribution in [3.63, 3.8) is 0 Å². The normalized spacial score (nSPS) is 9.86. The van der Waals surface area contributed by atoms with Crippen LogP contribution in [0.1, 0.15) is 19.5 Å². The number of pyridine rings is 1. The van der Waals surface area contributed by atoms with Gasteiger partial charge in [0.2, 0.25) is 5.82 Å². The predicted molar refractivity (Wildman–Crippen MR) is 54.4 cm³/mol. The van der Waals surface area contributed by atoms with Crippen LogP contribution >= 0.6 is 0 Å². The molecule has 0 radical (unpaired) electrons. The second-order valence-corrected chi connectivity index (χ2v) is 2.81. The summed E-state index contributed by atoms with van der Waals surface area (Å²) in [5.74, 6) is 0.358. The first kappa shape index (κ1) is 10.4. The predicted octanol–water partition coefficient (Wildman–Crippen LogP) is 1.98. The molecule has 0 bridgehead atoms. The third kappa shape index (κ3) is 2.18. The number of rotatable bonds is 4. The highest BCUT2D eigenvalue weighted by Gasteiger charge is 2.14. The minimum absolute atomic E-state index is 0.0315. The molecule has 0 atom stereocenters. The first-order chi connectivity index (χ1) is 6.69. The van der Waals surface area contributed by atoms with Crippen LogP contribution in [0.15, 0.2) is 12.1 Å². The summed E-state index contributed by atoms with van der Waals surface area (Å²) >= 11 is 0. The van der Waals surface area contributed by atoms with Gasteiger partial charge in [0.15, 0.2) is 0 Å². The fourth-order valence-electron chi connectivity index (χ4n) is 1.13. The van der Waals surface area contributed by atoms with Gasteiger partial charge in [-0.25, -0.2) is 4.98 Å². The van der Waals surface area contributed by atoms with Gasteiger partial charge in [0.05, 0.1) is 4.92 Å². The summed E-state index contributed by atoms with van der Waals surface area (Å²) in [7, 11) is 0. The van der Waals surface area contributed by atoms with Crippen LogP contribution in [0, 0.1) is 10.1 Å². The molecule has 0 aliphatic carbocycles. The number of aromatic nitrogens is 1. The van der Waals surface area contributed by atoms with Crippen molar-refractivity contribution in [2.75, 3.05) is 11.9 Å². The molecule has 76 valence electrons. The topological polar surface area (TPSA) is 68.1 Å². The summed E-state index contributed by atoms with van der Waals surface area (Å²) in [6.07, 6.45) is 0.774. The molecule has 0 aliphatic rings. The zero-order valence-electron chi connectivity index (χ0n) is 8.28. The molecule has 0 saturated carbocycles. The number of nitro groups is 1. The Hall–Kier alpha value is -1.65. The molecule has 0 amide bonds. The average Bonchev–Trinajstić information content (AvgIpc) is 2.17. The molecule has 0 spiro atoms. The molecular weight excluding hydrogens is 182 g/mol. The van der Waals surface area contributed by atoms with E-state index in [-0.39, 0.29) is 5.69 Å². The van der Waals surface area contributed by atoms with Crippen molar-refractivity contribution in [2.24, 2.45) is 0 Å². The fraction of sp³-hybridized carbons (Fsp3) is 0.444. The molecule has 1 rings (SSSR count). The molecule has 1 aromatic heterocycles. The van der Waals surface area contributed by atoms with Crippen molar-refractivity contribution < 1.29 is 4.92 Å². The van der Waals surface area contributed by atoms with Crippen molar-refractivity contribution in [3.8, 4) is 0 Å². The van der Waals surface area contributed by atoms with E-state index in [0.29, 0.717) is 12.4 Å². The summed E-state index contributed by atoms with van der Waals surface area (Å²) in [6, 6.07) is 3.17. The highest BCUT2D eigenvalue weighted by Crippen LogP contribution is 2.21. The molecule has 0 unspecified atom stereocenters. The number of anilines is 1. The molecule has 0 fully saturated rings. The van der Waals surface area contributed by atoms with Crippen LogP contribution in [0.4, 0.5) is 11.5 Å². The highest BCUT2D eigenvalue weighted by molar-refractivity contribution is 5.56. The minimum atomic E-state index is -0.426. The van der Waals surface area contributed by atoms with E-state index in [1.54, 1.807) is 6.07 Å². The number of aryl methyl sites for hydroxylation is 1. The largest absolute Gasteiger partial charge is 0.365 e. The number of nitrogens with zero attached hydrogens (tertiary/aromatic N) is 2. The van der Waals surface area contributed by atoms with Crippen LogP contribution in [0.5, 0.6) is 0 Å². The maximum Gasteiger partial charge on any atom is 0.311 e. The number of nitrogens with one attached hydrogen (secondary N) is 1. The lowest BCUT2D eigenvalue weighted by atomic mass is 10.2. The molecular formula is C9H13N3O2. The Balaban J connectivity index is 3.10. The third-order valence-corrected chi connectivity index (χ3v) is 1.83. The zero-order valence-corrected chi connectivity index (χ0v) is 8.28. The molecule has 5 heteroatoms. The van der Waals surface area contributed by atoms with E-state index in [1.807, 2.05) is 13.8 Å². The summed E-state index contributed by atoms with van der Waals surface area (Å²) < 4.78 is 0. The van der Waals surface area contributed by atoms with Gasteiger partial charge in [0.1, 0.15) is 0 Å². The Kier molecular flexibility index (Phi) is 3.39. The molecule has 0 saturated heterocycles. The smallest absolute Gasteiger partial charge is 0.311 e. The number of hydrogen-bond acceptors (Lipinski definition) is 4. The zero-order chi connectivity index (χ0) is 10.6. The molecule has 0 aliphatic heterocycles. The van der Waals surface area contributed by atoms with E-state index in [4.69, 9.17) is 0 Å². The molecule has 1 N–H and O–H groups in total. The van der Waals surface area contributed by atoms with Gasteiger partial charge >= 0.3 is 5.69 Å². The maximum absolute atomic E-state index is 10.6. The van der Waals surface area contributed by atoms with Crippen molar-refractivity contribution in [2.45, 2.75) is 20.3 Å². The van der Waals surface area contributed by atoms with Gasteiger partial charge in [-0.1, -0.05) is 6.92 Å². The van der Waals surface area contributed by atoms with Gasteiger partial charge in [-0.2, -0.15) is 0 Å².